The van der Waals surface area contributed by atoms with Crippen molar-refractivity contribution in [2.24, 2.45) is 0 Å². The van der Waals surface area contributed by atoms with Gasteiger partial charge in [-0.2, -0.15) is 0 Å². The molecule has 0 aliphatic rings. The van der Waals surface area contributed by atoms with Gasteiger partial charge in [-0.15, -0.1) is 22.7 Å². The van der Waals surface area contributed by atoms with Crippen molar-refractivity contribution in [1.82, 2.24) is 15.0 Å². The summed E-state index contributed by atoms with van der Waals surface area (Å²) in [7, 11) is 0. The number of rotatable bonds is 5. The summed E-state index contributed by atoms with van der Waals surface area (Å²) >= 11 is 3.07. The Kier molecular flexibility index (Phi) is 4.73. The van der Waals surface area contributed by atoms with Gasteiger partial charge in [0.05, 0.1) is 5.01 Å². The molecule has 0 spiro atoms. The molecule has 0 aromatic carbocycles. The zero-order chi connectivity index (χ0) is 16.2. The molecule has 0 amide bonds. The summed E-state index contributed by atoms with van der Waals surface area (Å²) in [5.41, 5.74) is 1.53. The van der Waals surface area contributed by atoms with Crippen LogP contribution in [0.5, 0.6) is 0 Å². The summed E-state index contributed by atoms with van der Waals surface area (Å²) in [5.74, 6) is 0.266. The lowest BCUT2D eigenvalue weighted by molar-refractivity contribution is 0.104. The van der Waals surface area contributed by atoms with Gasteiger partial charge in [0.15, 0.2) is 0 Å². The largest absolute Gasteiger partial charge is 0.288 e. The minimum Gasteiger partial charge on any atom is -0.288 e. The van der Waals surface area contributed by atoms with Gasteiger partial charge in [0, 0.05) is 40.3 Å². The maximum absolute atomic E-state index is 12.2. The summed E-state index contributed by atoms with van der Waals surface area (Å²) in [6.45, 7) is 4.14. The molecule has 0 aliphatic carbocycles. The summed E-state index contributed by atoms with van der Waals surface area (Å²) in [6, 6.07) is 3.83. The number of ketones is 1. The fourth-order valence-electron chi connectivity index (χ4n) is 1.90. The predicted octanol–water partition coefficient (Wildman–Crippen LogP) is 4.68. The molecule has 0 radical (unpaired) electrons. The average Bonchev–Trinajstić information content (AvgIpc) is 3.23. The molecule has 0 saturated heterocycles. The maximum Gasteiger partial charge on any atom is 0.205 e. The first-order valence-corrected chi connectivity index (χ1v) is 8.87. The molecular weight excluding hydrogens is 326 g/mol. The Morgan fingerprint density at radius 1 is 1.26 bits per heavy atom. The molecule has 3 aromatic heterocycles. The van der Waals surface area contributed by atoms with E-state index in [1.54, 1.807) is 30.7 Å². The highest BCUT2D eigenvalue weighted by atomic mass is 32.1. The van der Waals surface area contributed by atoms with Crippen LogP contribution < -0.4 is 0 Å². The zero-order valence-electron chi connectivity index (χ0n) is 12.8. The highest BCUT2D eigenvalue weighted by molar-refractivity contribution is 7.15. The van der Waals surface area contributed by atoms with Crippen LogP contribution >= 0.6 is 22.7 Å². The SMILES string of the molecule is CC(C)c1nc(C(=O)/C=C/c2cnc(-c3ccncc3)s2)cs1. The van der Waals surface area contributed by atoms with Crippen LogP contribution in [0.3, 0.4) is 0 Å². The van der Waals surface area contributed by atoms with Gasteiger partial charge in [-0.05, 0) is 24.3 Å². The Bertz CT molecular complexity index is 834. The van der Waals surface area contributed by atoms with Crippen molar-refractivity contribution in [1.29, 1.82) is 0 Å². The Morgan fingerprint density at radius 3 is 2.74 bits per heavy atom. The fourth-order valence-corrected chi connectivity index (χ4v) is 3.55. The van der Waals surface area contributed by atoms with Crippen LogP contribution in [-0.4, -0.2) is 20.7 Å². The number of nitrogens with zero attached hydrogens (tertiary/aromatic N) is 3. The van der Waals surface area contributed by atoms with Crippen molar-refractivity contribution in [2.45, 2.75) is 19.8 Å². The van der Waals surface area contributed by atoms with Crippen molar-refractivity contribution in [3.8, 4) is 10.6 Å². The molecule has 6 heteroatoms. The number of carbonyl (C=O) groups is 1. The van der Waals surface area contributed by atoms with Gasteiger partial charge in [0.25, 0.3) is 0 Å². The molecule has 4 nitrogen and oxygen atoms in total. The second-order valence-electron chi connectivity index (χ2n) is 5.23. The third-order valence-electron chi connectivity index (χ3n) is 3.12. The summed E-state index contributed by atoms with van der Waals surface area (Å²) in [5, 5.41) is 3.71. The Balaban J connectivity index is 1.72. The molecule has 0 saturated carbocycles. The van der Waals surface area contributed by atoms with E-state index in [-0.39, 0.29) is 5.78 Å². The van der Waals surface area contributed by atoms with E-state index in [1.165, 1.54) is 22.7 Å². The lowest BCUT2D eigenvalue weighted by Gasteiger charge is -1.95. The normalized spacial score (nSPS) is 11.4. The van der Waals surface area contributed by atoms with Crippen LogP contribution in [0.25, 0.3) is 16.6 Å². The van der Waals surface area contributed by atoms with Gasteiger partial charge < -0.3 is 0 Å². The molecule has 3 aromatic rings. The van der Waals surface area contributed by atoms with Crippen molar-refractivity contribution in [3.63, 3.8) is 0 Å². The predicted molar refractivity (Wildman–Crippen MR) is 94.9 cm³/mol. The third kappa shape index (κ3) is 3.78. The van der Waals surface area contributed by atoms with Crippen molar-refractivity contribution in [2.75, 3.05) is 0 Å². The number of hydrogen-bond acceptors (Lipinski definition) is 6. The van der Waals surface area contributed by atoms with Gasteiger partial charge in [0.2, 0.25) is 5.78 Å². The van der Waals surface area contributed by atoms with Gasteiger partial charge >= 0.3 is 0 Å². The van der Waals surface area contributed by atoms with Crippen LogP contribution in [0.15, 0.2) is 42.2 Å². The molecule has 23 heavy (non-hydrogen) atoms. The lowest BCUT2D eigenvalue weighted by atomic mass is 10.2. The molecular formula is C17H15N3OS2. The van der Waals surface area contributed by atoms with E-state index in [2.05, 4.69) is 28.8 Å². The summed E-state index contributed by atoms with van der Waals surface area (Å²) in [6.07, 6.45) is 8.60. The van der Waals surface area contributed by atoms with Crippen molar-refractivity contribution in [3.05, 3.63) is 57.8 Å². The van der Waals surface area contributed by atoms with Crippen LogP contribution in [-0.2, 0) is 0 Å². The number of allylic oxidation sites excluding steroid dienone is 1. The first-order chi connectivity index (χ1) is 11.1. The van der Waals surface area contributed by atoms with E-state index in [4.69, 9.17) is 0 Å². The Hall–Kier alpha value is -2.18. The zero-order valence-corrected chi connectivity index (χ0v) is 14.4. The molecule has 3 heterocycles. The topological polar surface area (TPSA) is 55.7 Å². The van der Waals surface area contributed by atoms with Gasteiger partial charge in [0.1, 0.15) is 10.7 Å². The monoisotopic (exact) mass is 341 g/mol. The standard InChI is InChI=1S/C17H15N3OS2/c1-11(2)16-20-14(10-22-16)15(21)4-3-13-9-19-17(23-13)12-5-7-18-8-6-12/h3-11H,1-2H3/b4-3+. The fraction of sp³-hybridized carbons (Fsp3) is 0.176. The minimum atomic E-state index is -0.0768. The second-order valence-corrected chi connectivity index (χ2v) is 7.18. The van der Waals surface area contributed by atoms with E-state index in [1.807, 2.05) is 17.5 Å². The van der Waals surface area contributed by atoms with Crippen LogP contribution in [0.2, 0.25) is 0 Å². The molecule has 0 N–H and O–H groups in total. The molecule has 0 aliphatic heterocycles. The van der Waals surface area contributed by atoms with E-state index < -0.39 is 0 Å². The summed E-state index contributed by atoms with van der Waals surface area (Å²) in [4.78, 5) is 25.8. The van der Waals surface area contributed by atoms with Gasteiger partial charge in [-0.25, -0.2) is 9.97 Å². The van der Waals surface area contributed by atoms with Crippen LogP contribution in [0.1, 0.15) is 40.1 Å². The highest BCUT2D eigenvalue weighted by Crippen LogP contribution is 2.25. The smallest absolute Gasteiger partial charge is 0.205 e. The molecule has 0 bridgehead atoms. The molecule has 3 rings (SSSR count). The van der Waals surface area contributed by atoms with Gasteiger partial charge in [-0.1, -0.05) is 13.8 Å². The Labute approximate surface area is 142 Å². The highest BCUT2D eigenvalue weighted by Gasteiger charge is 2.10. The quantitative estimate of drug-likeness (QED) is 0.499. The second kappa shape index (κ2) is 6.93. The molecule has 0 atom stereocenters. The number of aromatic nitrogens is 3. The first kappa shape index (κ1) is 15.7. The van der Waals surface area contributed by atoms with Crippen molar-refractivity contribution < 1.29 is 4.79 Å². The number of carbonyl (C=O) groups excluding carboxylic acids is 1. The average molecular weight is 341 g/mol. The van der Waals surface area contributed by atoms with Crippen LogP contribution in [0.4, 0.5) is 0 Å². The van der Waals surface area contributed by atoms with Crippen LogP contribution in [0, 0.1) is 0 Å². The molecule has 0 fully saturated rings. The van der Waals surface area contributed by atoms with E-state index in [0.717, 1.165) is 20.5 Å². The van der Waals surface area contributed by atoms with Crippen molar-refractivity contribution >= 4 is 34.5 Å². The van der Waals surface area contributed by atoms with E-state index >= 15 is 0 Å². The molecule has 116 valence electrons. The third-order valence-corrected chi connectivity index (χ3v) is 5.28. The molecule has 0 unspecified atom stereocenters. The lowest BCUT2D eigenvalue weighted by Crippen LogP contribution is -1.95. The van der Waals surface area contributed by atoms with Gasteiger partial charge in [-0.3, -0.25) is 9.78 Å². The number of hydrogen-bond donors (Lipinski definition) is 0. The Morgan fingerprint density at radius 2 is 2.04 bits per heavy atom. The van der Waals surface area contributed by atoms with E-state index in [9.17, 15) is 4.79 Å². The number of thiazole rings is 2. The first-order valence-electron chi connectivity index (χ1n) is 7.17. The number of pyridine rings is 1. The van der Waals surface area contributed by atoms with E-state index in [0.29, 0.717) is 11.6 Å². The maximum atomic E-state index is 12.2. The minimum absolute atomic E-state index is 0.0768. The summed E-state index contributed by atoms with van der Waals surface area (Å²) < 4.78 is 0.